The maximum Gasteiger partial charge on any atom is 2.00 e. The van der Waals surface area contributed by atoms with Gasteiger partial charge in [0.1, 0.15) is 0 Å². The van der Waals surface area contributed by atoms with Gasteiger partial charge in [-0.05, 0) is 12.8 Å². The van der Waals surface area contributed by atoms with Crippen molar-refractivity contribution in [3.8, 4) is 0 Å². The van der Waals surface area contributed by atoms with Gasteiger partial charge in [-0.25, -0.2) is 12.1 Å². The van der Waals surface area contributed by atoms with E-state index in [0.29, 0.717) is 0 Å². The van der Waals surface area contributed by atoms with E-state index in [-0.39, 0.29) is 17.1 Å². The van der Waals surface area contributed by atoms with Crippen molar-refractivity contribution >= 4 is 7.25 Å². The van der Waals surface area contributed by atoms with Gasteiger partial charge in [0.2, 0.25) is 0 Å². The predicted octanol–water partition coefficient (Wildman–Crippen LogP) is 3.42. The average Bonchev–Trinajstić information content (AvgIpc) is 3.10. The monoisotopic (exact) mass is 336 g/mol. The van der Waals surface area contributed by atoms with Crippen LogP contribution in [-0.4, -0.2) is 20.5 Å². The number of ether oxygens (including phenoxy) is 1. The maximum absolute atomic E-state index is 9.75. The van der Waals surface area contributed by atoms with Gasteiger partial charge in [0.25, 0.3) is 0 Å². The van der Waals surface area contributed by atoms with Gasteiger partial charge in [-0.3, -0.25) is 0 Å². The predicted molar refractivity (Wildman–Crippen MR) is 60.1 cm³/mol. The molecule has 0 aliphatic carbocycles. The van der Waals surface area contributed by atoms with Crippen LogP contribution in [0, 0.1) is 13.3 Å². The van der Waals surface area contributed by atoms with Crippen molar-refractivity contribution in [2.24, 2.45) is 0 Å². The van der Waals surface area contributed by atoms with Gasteiger partial charge in [0.05, 0.1) is 0 Å². The van der Waals surface area contributed by atoms with Gasteiger partial charge < -0.3 is 22.0 Å². The van der Waals surface area contributed by atoms with Gasteiger partial charge in [-0.1, -0.05) is 0 Å². The number of hydrogen-bond acceptors (Lipinski definition) is 1. The summed E-state index contributed by atoms with van der Waals surface area (Å²) >= 11 is 0. The molecular formula is C11H13BF4FeO3. The third kappa shape index (κ3) is 53.5. The number of halogens is 4. The molecule has 0 aromatic heterocycles. The van der Waals surface area contributed by atoms with Crippen molar-refractivity contribution in [2.45, 2.75) is 12.8 Å². The van der Waals surface area contributed by atoms with Gasteiger partial charge >= 0.3 is 46.9 Å². The fourth-order valence-corrected chi connectivity index (χ4v) is 0.831. The summed E-state index contributed by atoms with van der Waals surface area (Å²) in [5, 5.41) is 0. The summed E-state index contributed by atoms with van der Waals surface area (Å²) in [4.78, 5) is 0. The molecule has 1 fully saturated rings. The Balaban J connectivity index is -0.0000000836. The standard InChI is InChI=1S/C5H5.C4H8O.2CO.BF4.Fe/c2*1-2-4-5-3-1;2*1-2;2-1(3,4)5;/h1-5H;1-4H2;;;;/q-1;;;;-1;+2. The van der Waals surface area contributed by atoms with Crippen molar-refractivity contribution in [1.29, 1.82) is 0 Å². The zero-order valence-corrected chi connectivity index (χ0v) is 11.5. The van der Waals surface area contributed by atoms with Gasteiger partial charge in [0.15, 0.2) is 0 Å². The van der Waals surface area contributed by atoms with E-state index >= 15 is 0 Å². The number of rotatable bonds is 0. The first-order valence-corrected chi connectivity index (χ1v) is 5.03. The van der Waals surface area contributed by atoms with Crippen LogP contribution in [0.5, 0.6) is 0 Å². The summed E-state index contributed by atoms with van der Waals surface area (Å²) in [6.07, 6.45) is 2.56. The first kappa shape index (κ1) is 27.4. The molecule has 2 rings (SSSR count). The quantitative estimate of drug-likeness (QED) is 0.310. The molecule has 1 aliphatic rings. The van der Waals surface area contributed by atoms with E-state index in [0.717, 1.165) is 13.2 Å². The van der Waals surface area contributed by atoms with E-state index in [1.807, 2.05) is 30.3 Å². The zero-order valence-electron chi connectivity index (χ0n) is 10.4. The molecular weight excluding hydrogens is 323 g/mol. The van der Waals surface area contributed by atoms with Crippen LogP contribution in [0.15, 0.2) is 30.3 Å². The Morgan fingerprint density at radius 3 is 1.30 bits per heavy atom. The molecule has 0 spiro atoms. The summed E-state index contributed by atoms with van der Waals surface area (Å²) in [6, 6.07) is 10.0. The smallest absolute Gasteiger partial charge is 0.214 e. The van der Waals surface area contributed by atoms with Crippen LogP contribution in [0.3, 0.4) is 0 Å². The summed E-state index contributed by atoms with van der Waals surface area (Å²) in [5.41, 5.74) is 0. The van der Waals surface area contributed by atoms with Crippen LogP contribution in [0.4, 0.5) is 17.3 Å². The fraction of sp³-hybridized carbons (Fsp3) is 0.364. The summed E-state index contributed by atoms with van der Waals surface area (Å²) < 4.78 is 58.9. The van der Waals surface area contributed by atoms with Crippen molar-refractivity contribution in [1.82, 2.24) is 0 Å². The molecule has 1 aromatic carbocycles. The topological polar surface area (TPSA) is 49.0 Å². The Hall–Kier alpha value is -0.906. The molecule has 1 aliphatic heterocycles. The second-order valence-electron chi connectivity index (χ2n) is 2.78. The van der Waals surface area contributed by atoms with Crippen LogP contribution < -0.4 is 0 Å². The average molecular weight is 336 g/mol. The van der Waals surface area contributed by atoms with Gasteiger partial charge in [-0.15, -0.1) is 0 Å². The van der Waals surface area contributed by atoms with Crippen molar-refractivity contribution in [2.75, 3.05) is 13.2 Å². The molecule has 0 unspecified atom stereocenters. The Kier molecular flexibility index (Phi) is 31.8. The van der Waals surface area contributed by atoms with E-state index in [4.69, 9.17) is 14.0 Å². The molecule has 20 heavy (non-hydrogen) atoms. The molecule has 1 saturated heterocycles. The number of hydrogen-bond donors (Lipinski definition) is 0. The Labute approximate surface area is 126 Å². The zero-order chi connectivity index (χ0) is 15.6. The Morgan fingerprint density at radius 2 is 1.20 bits per heavy atom. The second kappa shape index (κ2) is 23.2. The molecule has 0 amide bonds. The van der Waals surface area contributed by atoms with Gasteiger partial charge in [-0.2, -0.15) is 18.2 Å². The van der Waals surface area contributed by atoms with Crippen molar-refractivity contribution < 1.29 is 48.4 Å². The fourth-order valence-electron chi connectivity index (χ4n) is 0.831. The van der Waals surface area contributed by atoms with Crippen molar-refractivity contribution in [3.05, 3.63) is 43.6 Å². The molecule has 1 aromatic rings. The molecule has 114 valence electrons. The Bertz CT molecular complexity index is 248. The summed E-state index contributed by atoms with van der Waals surface area (Å²) in [5.74, 6) is 0. The molecule has 0 atom stereocenters. The molecule has 0 N–H and O–H groups in total. The van der Waals surface area contributed by atoms with Crippen LogP contribution in [0.1, 0.15) is 12.8 Å². The Morgan fingerprint density at radius 1 is 0.900 bits per heavy atom. The molecule has 3 nitrogen and oxygen atoms in total. The van der Waals surface area contributed by atoms with Crippen LogP contribution in [-0.2, 0) is 31.1 Å². The second-order valence-corrected chi connectivity index (χ2v) is 2.78. The molecule has 1 heterocycles. The summed E-state index contributed by atoms with van der Waals surface area (Å²) in [7, 11) is -6.00. The first-order chi connectivity index (χ1) is 9.00. The van der Waals surface area contributed by atoms with Crippen LogP contribution in [0.25, 0.3) is 0 Å². The van der Waals surface area contributed by atoms with E-state index < -0.39 is 7.25 Å². The third-order valence-corrected chi connectivity index (χ3v) is 1.38. The minimum Gasteiger partial charge on any atom is -0.214 e. The molecule has 0 bridgehead atoms. The van der Waals surface area contributed by atoms with E-state index in [9.17, 15) is 17.3 Å². The van der Waals surface area contributed by atoms with Crippen LogP contribution >= 0.6 is 0 Å². The van der Waals surface area contributed by atoms with E-state index in [2.05, 4.69) is 13.3 Å². The van der Waals surface area contributed by atoms with E-state index in [1.54, 1.807) is 0 Å². The van der Waals surface area contributed by atoms with Gasteiger partial charge in [0, 0.05) is 13.2 Å². The van der Waals surface area contributed by atoms with Crippen LogP contribution in [0.2, 0.25) is 0 Å². The normalized spacial score (nSPS) is 11.2. The summed E-state index contributed by atoms with van der Waals surface area (Å²) in [6.45, 7) is 11.0. The molecule has 0 radical (unpaired) electrons. The minimum atomic E-state index is -6.00. The van der Waals surface area contributed by atoms with E-state index in [1.165, 1.54) is 12.8 Å². The SMILES string of the molecule is C1CCOC1.F[B-](F)(F)F.[C-]#[O+].[C-]#[O+].[Fe+2].c1cc[cH-]c1. The molecule has 0 saturated carbocycles. The molecule has 9 heteroatoms. The third-order valence-electron chi connectivity index (χ3n) is 1.38. The minimum absolute atomic E-state index is 0. The first-order valence-electron chi connectivity index (χ1n) is 5.03. The van der Waals surface area contributed by atoms with Crippen molar-refractivity contribution in [3.63, 3.8) is 0 Å². The largest absolute Gasteiger partial charge is 2.00 e. The maximum atomic E-state index is 9.75.